The lowest BCUT2D eigenvalue weighted by Crippen LogP contribution is -2.40. The molecule has 1 aliphatic rings. The van der Waals surface area contributed by atoms with Crippen LogP contribution in [0.25, 0.3) is 0 Å². The van der Waals surface area contributed by atoms with Gasteiger partial charge in [0.05, 0.1) is 0 Å². The number of rotatable bonds is 3. The van der Waals surface area contributed by atoms with E-state index in [0.717, 1.165) is 46.7 Å². The average molecular weight is 391 g/mol. The summed E-state index contributed by atoms with van der Waals surface area (Å²) in [6.45, 7) is 1.56. The van der Waals surface area contributed by atoms with E-state index in [1.807, 2.05) is 18.2 Å². The Morgan fingerprint density at radius 2 is 2.05 bits per heavy atom. The summed E-state index contributed by atoms with van der Waals surface area (Å²) in [5.74, 6) is -0.696. The molecule has 0 spiro atoms. The molecule has 1 aliphatic heterocycles. The first kappa shape index (κ1) is 15.0. The molecule has 0 aromatic heterocycles. The van der Waals surface area contributed by atoms with E-state index in [2.05, 4.69) is 36.8 Å². The smallest absolute Gasteiger partial charge is 0.320 e. The third-order valence-electron chi connectivity index (χ3n) is 3.52. The van der Waals surface area contributed by atoms with Crippen molar-refractivity contribution in [1.82, 2.24) is 4.90 Å². The van der Waals surface area contributed by atoms with Crippen molar-refractivity contribution < 1.29 is 9.90 Å². The summed E-state index contributed by atoms with van der Waals surface area (Å²) in [4.78, 5) is 13.5. The largest absolute Gasteiger partial charge is 0.480 e. The van der Waals surface area contributed by atoms with Crippen LogP contribution in [0.1, 0.15) is 31.2 Å². The molecule has 0 radical (unpaired) electrons. The number of carboxylic acid groups (broad SMARTS) is 1. The summed E-state index contributed by atoms with van der Waals surface area (Å²) in [6.07, 6.45) is 3.98. The van der Waals surface area contributed by atoms with E-state index in [-0.39, 0.29) is 6.04 Å². The summed E-state index contributed by atoms with van der Waals surface area (Å²) in [6, 6.07) is 5.74. The van der Waals surface area contributed by atoms with Gasteiger partial charge in [-0.05, 0) is 68.9 Å². The Morgan fingerprint density at radius 3 is 2.74 bits per heavy atom. The molecule has 3 nitrogen and oxygen atoms in total. The first-order valence-corrected chi connectivity index (χ1v) is 8.07. The number of carbonyl (C=O) groups is 1. The summed E-state index contributed by atoms with van der Waals surface area (Å²) in [5, 5.41) is 9.35. The topological polar surface area (TPSA) is 40.5 Å². The van der Waals surface area contributed by atoms with Gasteiger partial charge in [0.15, 0.2) is 0 Å². The zero-order chi connectivity index (χ0) is 13.8. The Labute approximate surface area is 130 Å². The van der Waals surface area contributed by atoms with Gasteiger partial charge >= 0.3 is 5.97 Å². The second-order valence-electron chi connectivity index (χ2n) is 4.92. The molecule has 2 rings (SSSR count). The second kappa shape index (κ2) is 6.86. The minimum atomic E-state index is -0.696. The number of carboxylic acids is 1. The van der Waals surface area contributed by atoms with Crippen LogP contribution in [0.15, 0.2) is 27.1 Å². The molecular formula is C14H17Br2NO2. The Kier molecular flexibility index (Phi) is 5.42. The highest BCUT2D eigenvalue weighted by atomic mass is 79.9. The van der Waals surface area contributed by atoms with Crippen LogP contribution in [0.3, 0.4) is 0 Å². The molecular weight excluding hydrogens is 374 g/mol. The Morgan fingerprint density at radius 1 is 1.26 bits per heavy atom. The Bertz CT molecular complexity index is 465. The Hall–Kier alpha value is -0.390. The summed E-state index contributed by atoms with van der Waals surface area (Å²) < 4.78 is 2.02. The maximum absolute atomic E-state index is 11.4. The fraction of sp³-hybridized carbons (Fsp3) is 0.500. The minimum absolute atomic E-state index is 0.343. The van der Waals surface area contributed by atoms with Gasteiger partial charge in [0.2, 0.25) is 0 Å². The standard InChI is InChI=1S/C14H17Br2NO2/c15-11-6-5-10(8-12(11)16)9-17-7-3-1-2-4-13(17)14(18)19/h5-6,8,13H,1-4,7,9H2,(H,18,19). The van der Waals surface area contributed by atoms with Gasteiger partial charge in [-0.2, -0.15) is 0 Å². The van der Waals surface area contributed by atoms with Crippen molar-refractivity contribution >= 4 is 37.8 Å². The van der Waals surface area contributed by atoms with Crippen LogP contribution in [0.4, 0.5) is 0 Å². The van der Waals surface area contributed by atoms with E-state index in [9.17, 15) is 9.90 Å². The number of halogens is 2. The lowest BCUT2D eigenvalue weighted by atomic mass is 10.1. The molecule has 0 saturated carbocycles. The summed E-state index contributed by atoms with van der Waals surface area (Å²) in [5.41, 5.74) is 1.14. The van der Waals surface area contributed by atoms with Crippen LogP contribution in [0.2, 0.25) is 0 Å². The summed E-state index contributed by atoms with van der Waals surface area (Å²) in [7, 11) is 0. The Balaban J connectivity index is 2.13. The second-order valence-corrected chi connectivity index (χ2v) is 6.63. The molecule has 1 N–H and O–H groups in total. The van der Waals surface area contributed by atoms with Gasteiger partial charge in [-0.1, -0.05) is 18.9 Å². The third kappa shape index (κ3) is 4.04. The number of hydrogen-bond donors (Lipinski definition) is 1. The van der Waals surface area contributed by atoms with Crippen LogP contribution in [-0.2, 0) is 11.3 Å². The SMILES string of the molecule is O=C(O)C1CCCCCN1Cc1ccc(Br)c(Br)c1. The molecule has 1 aromatic carbocycles. The van der Waals surface area contributed by atoms with Gasteiger partial charge in [0, 0.05) is 15.5 Å². The van der Waals surface area contributed by atoms with Gasteiger partial charge in [-0.15, -0.1) is 0 Å². The highest BCUT2D eigenvalue weighted by Gasteiger charge is 2.26. The molecule has 1 heterocycles. The molecule has 1 aromatic rings. The number of hydrogen-bond acceptors (Lipinski definition) is 2. The molecule has 1 fully saturated rings. The highest BCUT2D eigenvalue weighted by molar-refractivity contribution is 9.13. The van der Waals surface area contributed by atoms with E-state index < -0.39 is 5.97 Å². The molecule has 1 saturated heterocycles. The van der Waals surface area contributed by atoms with Crippen LogP contribution < -0.4 is 0 Å². The zero-order valence-corrected chi connectivity index (χ0v) is 13.8. The van der Waals surface area contributed by atoms with Gasteiger partial charge in [-0.25, -0.2) is 0 Å². The van der Waals surface area contributed by atoms with Crippen LogP contribution in [0, 0.1) is 0 Å². The van der Waals surface area contributed by atoms with Crippen LogP contribution >= 0.6 is 31.9 Å². The maximum Gasteiger partial charge on any atom is 0.320 e. The molecule has 104 valence electrons. The number of nitrogens with zero attached hydrogens (tertiary/aromatic N) is 1. The quantitative estimate of drug-likeness (QED) is 0.846. The zero-order valence-electron chi connectivity index (χ0n) is 10.6. The average Bonchev–Trinajstić information content (AvgIpc) is 2.59. The van der Waals surface area contributed by atoms with E-state index in [1.54, 1.807) is 0 Å². The van der Waals surface area contributed by atoms with E-state index in [1.165, 1.54) is 0 Å². The molecule has 0 amide bonds. The number of likely N-dealkylation sites (tertiary alicyclic amines) is 1. The fourth-order valence-corrected chi connectivity index (χ4v) is 3.18. The van der Waals surface area contributed by atoms with Crippen molar-refractivity contribution in [3.05, 3.63) is 32.7 Å². The molecule has 0 aliphatic carbocycles. The van der Waals surface area contributed by atoms with Crippen molar-refractivity contribution in [2.24, 2.45) is 0 Å². The van der Waals surface area contributed by atoms with Gasteiger partial charge in [0.25, 0.3) is 0 Å². The monoisotopic (exact) mass is 389 g/mol. The molecule has 1 atom stereocenters. The normalized spacial score (nSPS) is 21.1. The maximum atomic E-state index is 11.4. The van der Waals surface area contributed by atoms with E-state index >= 15 is 0 Å². The van der Waals surface area contributed by atoms with E-state index in [4.69, 9.17) is 0 Å². The van der Waals surface area contributed by atoms with Gasteiger partial charge in [0.1, 0.15) is 6.04 Å². The van der Waals surface area contributed by atoms with Crippen molar-refractivity contribution in [2.75, 3.05) is 6.54 Å². The van der Waals surface area contributed by atoms with E-state index in [0.29, 0.717) is 6.54 Å². The van der Waals surface area contributed by atoms with Gasteiger partial charge in [-0.3, -0.25) is 9.69 Å². The summed E-state index contributed by atoms with van der Waals surface area (Å²) >= 11 is 6.94. The van der Waals surface area contributed by atoms with Gasteiger partial charge < -0.3 is 5.11 Å². The lowest BCUT2D eigenvalue weighted by molar-refractivity contribution is -0.143. The molecule has 5 heteroatoms. The predicted molar refractivity (Wildman–Crippen MR) is 82.1 cm³/mol. The van der Waals surface area contributed by atoms with Crippen molar-refractivity contribution in [2.45, 2.75) is 38.3 Å². The highest BCUT2D eigenvalue weighted by Crippen LogP contribution is 2.26. The fourth-order valence-electron chi connectivity index (χ4n) is 2.51. The first-order chi connectivity index (χ1) is 9.08. The minimum Gasteiger partial charge on any atom is -0.480 e. The molecule has 19 heavy (non-hydrogen) atoms. The van der Waals surface area contributed by atoms with Crippen molar-refractivity contribution in [3.8, 4) is 0 Å². The number of aliphatic carboxylic acids is 1. The third-order valence-corrected chi connectivity index (χ3v) is 5.40. The predicted octanol–water partition coefficient (Wildman–Crippen LogP) is 4.04. The van der Waals surface area contributed by atoms with Crippen molar-refractivity contribution in [1.29, 1.82) is 0 Å². The number of benzene rings is 1. The lowest BCUT2D eigenvalue weighted by Gasteiger charge is -2.26. The molecule has 1 unspecified atom stereocenters. The van der Waals surface area contributed by atoms with Crippen LogP contribution in [-0.4, -0.2) is 28.6 Å². The molecule has 0 bridgehead atoms. The van der Waals surface area contributed by atoms with Crippen molar-refractivity contribution in [3.63, 3.8) is 0 Å². The van der Waals surface area contributed by atoms with Crippen LogP contribution in [0.5, 0.6) is 0 Å². The first-order valence-electron chi connectivity index (χ1n) is 6.48.